The van der Waals surface area contributed by atoms with E-state index in [1.165, 1.54) is 28.9 Å². The van der Waals surface area contributed by atoms with Gasteiger partial charge in [0.2, 0.25) is 0 Å². The number of fused-ring (bicyclic) bond motifs is 1. The maximum absolute atomic E-state index is 12.5. The van der Waals surface area contributed by atoms with Gasteiger partial charge < -0.3 is 14.8 Å². The molecule has 7 heteroatoms. The van der Waals surface area contributed by atoms with Gasteiger partial charge in [-0.2, -0.15) is 0 Å². The number of para-hydroxylation sites is 1. The zero-order valence-electron chi connectivity index (χ0n) is 13.0. The monoisotopic (exact) mass is 370 g/mol. The van der Waals surface area contributed by atoms with Gasteiger partial charge in [-0.15, -0.1) is 22.7 Å². The molecule has 5 nitrogen and oxygen atoms in total. The lowest BCUT2D eigenvalue weighted by Gasteiger charge is -2.25. The number of furan rings is 1. The summed E-state index contributed by atoms with van der Waals surface area (Å²) in [6.07, 6.45) is 1.50. The van der Waals surface area contributed by atoms with Crippen molar-refractivity contribution >= 4 is 38.8 Å². The number of hydrogen-bond acceptors (Lipinski definition) is 6. The second-order valence-corrected chi connectivity index (χ2v) is 7.46. The van der Waals surface area contributed by atoms with Gasteiger partial charge in [-0.25, -0.2) is 4.98 Å². The van der Waals surface area contributed by atoms with Crippen molar-refractivity contribution in [1.82, 2.24) is 10.3 Å². The minimum atomic E-state index is -1.41. The van der Waals surface area contributed by atoms with Gasteiger partial charge in [-0.1, -0.05) is 18.2 Å². The summed E-state index contributed by atoms with van der Waals surface area (Å²) < 4.78 is 6.35. The third-order valence-corrected chi connectivity index (χ3v) is 5.91. The molecule has 0 radical (unpaired) electrons. The summed E-state index contributed by atoms with van der Waals surface area (Å²) in [5.41, 5.74) is -0.624. The molecule has 126 valence electrons. The van der Waals surface area contributed by atoms with Gasteiger partial charge in [0, 0.05) is 4.88 Å². The molecule has 4 rings (SSSR count). The van der Waals surface area contributed by atoms with Gasteiger partial charge in [-0.3, -0.25) is 4.79 Å². The van der Waals surface area contributed by atoms with E-state index in [1.54, 1.807) is 12.1 Å². The SMILES string of the molecule is O=C(NC[C@](O)(c1ccco1)c1cccs1)c1nc2ccccc2s1. The lowest BCUT2D eigenvalue weighted by atomic mass is 9.98. The molecule has 4 aromatic rings. The van der Waals surface area contributed by atoms with E-state index in [4.69, 9.17) is 4.42 Å². The first-order valence-corrected chi connectivity index (χ1v) is 9.30. The fourth-order valence-electron chi connectivity index (χ4n) is 2.58. The lowest BCUT2D eigenvalue weighted by Crippen LogP contribution is -2.41. The van der Waals surface area contributed by atoms with Gasteiger partial charge >= 0.3 is 0 Å². The van der Waals surface area contributed by atoms with Crippen molar-refractivity contribution in [2.24, 2.45) is 0 Å². The predicted molar refractivity (Wildman–Crippen MR) is 98.0 cm³/mol. The van der Waals surface area contributed by atoms with Crippen LogP contribution >= 0.6 is 22.7 Å². The standard InChI is InChI=1S/C18H14N2O3S2/c21-16(17-20-12-5-1-2-6-13(12)25-17)19-11-18(22,14-7-3-9-23-14)15-8-4-10-24-15/h1-10,22H,11H2,(H,19,21)/t18-/m0/s1. The summed E-state index contributed by atoms with van der Waals surface area (Å²) in [5.74, 6) is 0.0716. The van der Waals surface area contributed by atoms with Gasteiger partial charge in [0.15, 0.2) is 10.6 Å². The van der Waals surface area contributed by atoms with Gasteiger partial charge in [0.1, 0.15) is 5.76 Å². The molecule has 1 atom stereocenters. The fraction of sp³-hybridized carbons (Fsp3) is 0.111. The lowest BCUT2D eigenvalue weighted by molar-refractivity contribution is 0.0554. The second-order valence-electron chi connectivity index (χ2n) is 5.48. The molecule has 0 bridgehead atoms. The van der Waals surface area contributed by atoms with Crippen LogP contribution < -0.4 is 5.32 Å². The first-order chi connectivity index (χ1) is 12.2. The molecule has 2 N–H and O–H groups in total. The number of rotatable bonds is 5. The number of benzene rings is 1. The topological polar surface area (TPSA) is 75.4 Å². The first kappa shape index (κ1) is 16.0. The molecule has 0 spiro atoms. The largest absolute Gasteiger partial charge is 0.466 e. The minimum absolute atomic E-state index is 0.00418. The van der Waals surface area contributed by atoms with Crippen LogP contribution in [0.4, 0.5) is 0 Å². The molecule has 25 heavy (non-hydrogen) atoms. The summed E-state index contributed by atoms with van der Waals surface area (Å²) in [6.45, 7) is -0.00418. The molecule has 0 unspecified atom stereocenters. The normalized spacial score (nSPS) is 13.6. The molecule has 0 fully saturated rings. The van der Waals surface area contributed by atoms with Crippen molar-refractivity contribution < 1.29 is 14.3 Å². The van der Waals surface area contributed by atoms with Crippen LogP contribution in [0.3, 0.4) is 0 Å². The first-order valence-electron chi connectivity index (χ1n) is 7.61. The number of carbonyl (C=O) groups is 1. The van der Waals surface area contributed by atoms with Crippen molar-refractivity contribution in [2.45, 2.75) is 5.60 Å². The zero-order valence-corrected chi connectivity index (χ0v) is 14.6. The molecule has 0 aliphatic heterocycles. The molecular weight excluding hydrogens is 356 g/mol. The molecule has 3 aromatic heterocycles. The number of nitrogens with zero attached hydrogens (tertiary/aromatic N) is 1. The van der Waals surface area contributed by atoms with Crippen LogP contribution in [0.5, 0.6) is 0 Å². The van der Waals surface area contributed by atoms with Crippen molar-refractivity contribution in [3.05, 3.63) is 75.8 Å². The highest BCUT2D eigenvalue weighted by molar-refractivity contribution is 7.20. The zero-order chi connectivity index (χ0) is 17.3. The van der Waals surface area contributed by atoms with Crippen molar-refractivity contribution in [2.75, 3.05) is 6.54 Å². The number of hydrogen-bond donors (Lipinski definition) is 2. The van der Waals surface area contributed by atoms with Crippen molar-refractivity contribution in [1.29, 1.82) is 0 Å². The van der Waals surface area contributed by atoms with E-state index in [1.807, 2.05) is 41.8 Å². The Morgan fingerprint density at radius 1 is 1.20 bits per heavy atom. The Morgan fingerprint density at radius 3 is 2.80 bits per heavy atom. The van der Waals surface area contributed by atoms with E-state index in [2.05, 4.69) is 10.3 Å². The Kier molecular flexibility index (Phi) is 4.12. The minimum Gasteiger partial charge on any atom is -0.466 e. The second kappa shape index (κ2) is 6.44. The van der Waals surface area contributed by atoms with Crippen LogP contribution in [0.25, 0.3) is 10.2 Å². The molecule has 0 aliphatic carbocycles. The van der Waals surface area contributed by atoms with Gasteiger partial charge in [0.25, 0.3) is 5.91 Å². The van der Waals surface area contributed by atoms with Crippen LogP contribution in [-0.2, 0) is 5.60 Å². The Morgan fingerprint density at radius 2 is 2.08 bits per heavy atom. The molecular formula is C18H14N2O3S2. The van der Waals surface area contributed by atoms with Gasteiger partial charge in [0.05, 0.1) is 23.0 Å². The highest BCUT2D eigenvalue weighted by Crippen LogP contribution is 2.32. The number of nitrogens with one attached hydrogen (secondary N) is 1. The van der Waals surface area contributed by atoms with E-state index in [-0.39, 0.29) is 12.5 Å². The maximum atomic E-state index is 12.5. The van der Waals surface area contributed by atoms with Crippen molar-refractivity contribution in [3.8, 4) is 0 Å². The number of amides is 1. The van der Waals surface area contributed by atoms with E-state index in [0.29, 0.717) is 15.6 Å². The Balaban J connectivity index is 1.58. The molecule has 1 amide bonds. The maximum Gasteiger partial charge on any atom is 0.280 e. The predicted octanol–water partition coefficient (Wildman–Crippen LogP) is 3.62. The summed E-state index contributed by atoms with van der Waals surface area (Å²) >= 11 is 2.73. The Hall–Kier alpha value is -2.48. The van der Waals surface area contributed by atoms with E-state index >= 15 is 0 Å². The highest BCUT2D eigenvalue weighted by atomic mass is 32.1. The number of thiophene rings is 1. The number of carbonyl (C=O) groups excluding carboxylic acids is 1. The Labute approximate surface area is 151 Å². The average molecular weight is 370 g/mol. The molecule has 0 aliphatic rings. The van der Waals surface area contributed by atoms with Crippen molar-refractivity contribution in [3.63, 3.8) is 0 Å². The van der Waals surface area contributed by atoms with Gasteiger partial charge in [-0.05, 0) is 35.7 Å². The number of thiazole rings is 1. The summed E-state index contributed by atoms with van der Waals surface area (Å²) in [5, 5.41) is 16.2. The Bertz CT molecular complexity index is 923. The third kappa shape index (κ3) is 2.97. The van der Waals surface area contributed by atoms with Crippen LogP contribution in [0.15, 0.2) is 64.6 Å². The summed E-state index contributed by atoms with van der Waals surface area (Å²) in [7, 11) is 0. The number of aromatic nitrogens is 1. The van der Waals surface area contributed by atoms with Crippen LogP contribution in [0.2, 0.25) is 0 Å². The van der Waals surface area contributed by atoms with Crippen LogP contribution in [0, 0.1) is 0 Å². The molecule has 0 saturated heterocycles. The smallest absolute Gasteiger partial charge is 0.280 e. The van der Waals surface area contributed by atoms with Crippen LogP contribution in [0.1, 0.15) is 20.4 Å². The molecule has 0 saturated carbocycles. The summed E-state index contributed by atoms with van der Waals surface area (Å²) in [6, 6.07) is 14.7. The highest BCUT2D eigenvalue weighted by Gasteiger charge is 2.36. The van der Waals surface area contributed by atoms with E-state index < -0.39 is 5.60 Å². The summed E-state index contributed by atoms with van der Waals surface area (Å²) in [4.78, 5) is 17.5. The van der Waals surface area contributed by atoms with Crippen LogP contribution in [-0.4, -0.2) is 22.5 Å². The van der Waals surface area contributed by atoms with E-state index in [0.717, 1.165) is 10.2 Å². The molecule has 3 heterocycles. The third-order valence-electron chi connectivity index (χ3n) is 3.85. The fourth-order valence-corrected chi connectivity index (χ4v) is 4.29. The quantitative estimate of drug-likeness (QED) is 0.563. The average Bonchev–Trinajstić information content (AvgIpc) is 3.40. The number of aliphatic hydroxyl groups is 1. The molecule has 1 aromatic carbocycles. The van der Waals surface area contributed by atoms with E-state index in [9.17, 15) is 9.90 Å².